The van der Waals surface area contributed by atoms with Gasteiger partial charge in [0.2, 0.25) is 11.9 Å². The summed E-state index contributed by atoms with van der Waals surface area (Å²) in [5.41, 5.74) is 15.7. The number of carbonyl (C=O) groups excluding carboxylic acids is 1. The number of fused-ring (bicyclic) bond motifs is 1. The molecule has 0 bridgehead atoms. The average Bonchev–Trinajstić information content (AvgIpc) is 2.36. The highest BCUT2D eigenvalue weighted by Crippen LogP contribution is 2.40. The number of nitrogens with zero attached hydrogens (tertiary/aromatic N) is 2. The molecule has 5 N–H and O–H groups in total. The molecule has 1 aromatic heterocycles. The summed E-state index contributed by atoms with van der Waals surface area (Å²) in [5.74, 6) is 0.566. The molecular weight excluding hydrogens is 266 g/mol. The van der Waals surface area contributed by atoms with Gasteiger partial charge in [0.25, 0.3) is 0 Å². The minimum absolute atomic E-state index is 0.0628. The Balaban J connectivity index is 2.19. The molecule has 1 unspecified atom stereocenters. The Hall–Kier alpha value is -2.63. The maximum Gasteiger partial charge on any atom is 0.226 e. The lowest BCUT2D eigenvalue weighted by molar-refractivity contribution is -0.116. The molecule has 6 nitrogen and oxygen atoms in total. The van der Waals surface area contributed by atoms with E-state index in [2.05, 4.69) is 21.4 Å². The van der Waals surface area contributed by atoms with E-state index >= 15 is 0 Å². The van der Waals surface area contributed by atoms with Gasteiger partial charge >= 0.3 is 0 Å². The Kier molecular flexibility index (Phi) is 3.01. The normalized spacial score (nSPS) is 17.2. The van der Waals surface area contributed by atoms with Crippen LogP contribution in [0.5, 0.6) is 0 Å². The second-order valence-electron chi connectivity index (χ2n) is 5.39. The van der Waals surface area contributed by atoms with Crippen molar-refractivity contribution in [3.05, 3.63) is 40.5 Å². The molecule has 1 atom stereocenters. The zero-order chi connectivity index (χ0) is 15.1. The second-order valence-corrected chi connectivity index (χ2v) is 5.39. The molecule has 2 heterocycles. The molecule has 0 aliphatic carbocycles. The quantitative estimate of drug-likeness (QED) is 0.739. The van der Waals surface area contributed by atoms with Crippen LogP contribution in [-0.4, -0.2) is 15.9 Å². The van der Waals surface area contributed by atoms with Crippen LogP contribution in [0.3, 0.4) is 0 Å². The highest BCUT2D eigenvalue weighted by Gasteiger charge is 2.31. The standard InChI is InChI=1S/C15H17N5O/c1-7-3-4-9(8(2)5-7)10-6-11(21)18-14-12(10)13(16)19-15(17)20-14/h3-5,10H,6H2,1-2H3,(H5,16,17,18,19,20,21). The predicted octanol–water partition coefficient (Wildman–Crippen LogP) is 1.73. The summed E-state index contributed by atoms with van der Waals surface area (Å²) >= 11 is 0. The highest BCUT2D eigenvalue weighted by atomic mass is 16.1. The van der Waals surface area contributed by atoms with Crippen LogP contribution in [-0.2, 0) is 4.79 Å². The molecule has 0 saturated carbocycles. The third kappa shape index (κ3) is 2.29. The van der Waals surface area contributed by atoms with Gasteiger partial charge in [0.1, 0.15) is 11.6 Å². The molecule has 2 aromatic rings. The molecule has 21 heavy (non-hydrogen) atoms. The summed E-state index contributed by atoms with van der Waals surface area (Å²) < 4.78 is 0. The molecule has 0 saturated heterocycles. The maximum absolute atomic E-state index is 12.0. The summed E-state index contributed by atoms with van der Waals surface area (Å²) in [4.78, 5) is 20.1. The summed E-state index contributed by atoms with van der Waals surface area (Å²) in [5, 5.41) is 2.72. The van der Waals surface area contributed by atoms with E-state index in [1.54, 1.807) is 0 Å². The third-order valence-electron chi connectivity index (χ3n) is 3.79. The lowest BCUT2D eigenvalue weighted by atomic mass is 9.83. The predicted molar refractivity (Wildman–Crippen MR) is 81.9 cm³/mol. The number of rotatable bonds is 1. The summed E-state index contributed by atoms with van der Waals surface area (Å²) in [7, 11) is 0. The molecule has 3 rings (SSSR count). The van der Waals surface area contributed by atoms with Crippen LogP contribution in [0.25, 0.3) is 0 Å². The summed E-state index contributed by atoms with van der Waals surface area (Å²) in [6, 6.07) is 6.16. The van der Waals surface area contributed by atoms with Crippen molar-refractivity contribution in [3.63, 3.8) is 0 Å². The molecule has 6 heteroatoms. The van der Waals surface area contributed by atoms with Gasteiger partial charge in [-0.3, -0.25) is 4.79 Å². The minimum Gasteiger partial charge on any atom is -0.383 e. The van der Waals surface area contributed by atoms with E-state index in [4.69, 9.17) is 11.5 Å². The fraction of sp³-hybridized carbons (Fsp3) is 0.267. The maximum atomic E-state index is 12.0. The first-order valence-electron chi connectivity index (χ1n) is 6.75. The van der Waals surface area contributed by atoms with Gasteiger partial charge in [-0.05, 0) is 25.0 Å². The van der Waals surface area contributed by atoms with Crippen molar-refractivity contribution < 1.29 is 4.79 Å². The molecule has 108 valence electrons. The Labute approximate surface area is 122 Å². The highest BCUT2D eigenvalue weighted by molar-refractivity contribution is 5.95. The number of nitrogens with one attached hydrogen (secondary N) is 1. The first-order valence-corrected chi connectivity index (χ1v) is 6.75. The van der Waals surface area contributed by atoms with Gasteiger partial charge in [-0.15, -0.1) is 0 Å². The van der Waals surface area contributed by atoms with Crippen molar-refractivity contribution in [2.24, 2.45) is 0 Å². The Bertz CT molecular complexity index is 741. The van der Waals surface area contributed by atoms with Crippen molar-refractivity contribution in [2.45, 2.75) is 26.2 Å². The zero-order valence-electron chi connectivity index (χ0n) is 12.0. The first kappa shape index (κ1) is 13.4. The van der Waals surface area contributed by atoms with Gasteiger partial charge in [-0.2, -0.15) is 9.97 Å². The third-order valence-corrected chi connectivity index (χ3v) is 3.79. The fourth-order valence-electron chi connectivity index (χ4n) is 2.90. The van der Waals surface area contributed by atoms with E-state index in [0.29, 0.717) is 18.1 Å². The molecule has 0 radical (unpaired) electrons. The van der Waals surface area contributed by atoms with Crippen molar-refractivity contribution >= 4 is 23.5 Å². The number of aromatic nitrogens is 2. The van der Waals surface area contributed by atoms with E-state index in [1.807, 2.05) is 26.0 Å². The zero-order valence-corrected chi connectivity index (χ0v) is 12.0. The number of nitrogens with two attached hydrogens (primary N) is 2. The van der Waals surface area contributed by atoms with Crippen LogP contribution in [0.15, 0.2) is 18.2 Å². The number of anilines is 3. The number of carbonyl (C=O) groups is 1. The van der Waals surface area contributed by atoms with Crippen molar-refractivity contribution in [1.29, 1.82) is 0 Å². The molecular formula is C15H17N5O. The first-order chi connectivity index (χ1) is 9.95. The molecule has 0 fully saturated rings. The van der Waals surface area contributed by atoms with Gasteiger partial charge in [0, 0.05) is 17.9 Å². The summed E-state index contributed by atoms with van der Waals surface area (Å²) in [6.45, 7) is 4.07. The van der Waals surface area contributed by atoms with Crippen LogP contribution < -0.4 is 16.8 Å². The topological polar surface area (TPSA) is 107 Å². The second kappa shape index (κ2) is 4.73. The van der Waals surface area contributed by atoms with Gasteiger partial charge < -0.3 is 16.8 Å². The monoisotopic (exact) mass is 283 g/mol. The van der Waals surface area contributed by atoms with Crippen molar-refractivity contribution in [3.8, 4) is 0 Å². The SMILES string of the molecule is Cc1ccc(C2CC(=O)Nc3nc(N)nc(N)c32)c(C)c1. The van der Waals surface area contributed by atoms with Crippen LogP contribution >= 0.6 is 0 Å². The fourth-order valence-corrected chi connectivity index (χ4v) is 2.90. The van der Waals surface area contributed by atoms with E-state index in [9.17, 15) is 4.79 Å². The van der Waals surface area contributed by atoms with Gasteiger partial charge in [-0.1, -0.05) is 23.8 Å². The number of hydrogen-bond acceptors (Lipinski definition) is 5. The Morgan fingerprint density at radius 2 is 2.00 bits per heavy atom. The molecule has 0 spiro atoms. The van der Waals surface area contributed by atoms with E-state index in [1.165, 1.54) is 5.56 Å². The number of hydrogen-bond donors (Lipinski definition) is 3. The molecule has 1 amide bonds. The number of amides is 1. The van der Waals surface area contributed by atoms with Gasteiger partial charge in [0.05, 0.1) is 0 Å². The lowest BCUT2D eigenvalue weighted by Gasteiger charge is -2.27. The van der Waals surface area contributed by atoms with E-state index in [0.717, 1.165) is 16.7 Å². The molecule has 1 aliphatic heterocycles. The smallest absolute Gasteiger partial charge is 0.226 e. The summed E-state index contributed by atoms with van der Waals surface area (Å²) in [6.07, 6.45) is 0.328. The molecule has 1 aliphatic rings. The Morgan fingerprint density at radius 1 is 1.24 bits per heavy atom. The van der Waals surface area contributed by atoms with Crippen molar-refractivity contribution in [2.75, 3.05) is 16.8 Å². The van der Waals surface area contributed by atoms with Crippen LogP contribution in [0, 0.1) is 13.8 Å². The van der Waals surface area contributed by atoms with Gasteiger partial charge in [-0.25, -0.2) is 0 Å². The van der Waals surface area contributed by atoms with Gasteiger partial charge in [0.15, 0.2) is 0 Å². The van der Waals surface area contributed by atoms with Crippen LogP contribution in [0.2, 0.25) is 0 Å². The number of nitrogen functional groups attached to an aromatic ring is 2. The van der Waals surface area contributed by atoms with E-state index in [-0.39, 0.29) is 17.8 Å². The van der Waals surface area contributed by atoms with E-state index < -0.39 is 0 Å². The van der Waals surface area contributed by atoms with Crippen LogP contribution in [0.1, 0.15) is 34.6 Å². The number of benzene rings is 1. The van der Waals surface area contributed by atoms with Crippen LogP contribution in [0.4, 0.5) is 17.6 Å². The minimum atomic E-state index is -0.144. The van der Waals surface area contributed by atoms with Crippen molar-refractivity contribution in [1.82, 2.24) is 9.97 Å². The largest absolute Gasteiger partial charge is 0.383 e. The average molecular weight is 283 g/mol. The lowest BCUT2D eigenvalue weighted by Crippen LogP contribution is -2.27. The number of aryl methyl sites for hydroxylation is 2. The Morgan fingerprint density at radius 3 is 2.71 bits per heavy atom. The molecule has 1 aromatic carbocycles.